The highest BCUT2D eigenvalue weighted by Crippen LogP contribution is 2.14. The van der Waals surface area contributed by atoms with Crippen molar-refractivity contribution in [2.75, 3.05) is 18.8 Å². The second-order valence-electron chi connectivity index (χ2n) is 4.89. The minimum atomic E-state index is -3.55. The van der Waals surface area contributed by atoms with E-state index >= 15 is 0 Å². The Morgan fingerprint density at radius 1 is 1.25 bits per heavy atom. The van der Waals surface area contributed by atoms with Crippen LogP contribution in [-0.4, -0.2) is 38.1 Å². The highest BCUT2D eigenvalue weighted by atomic mass is 32.2. The van der Waals surface area contributed by atoms with Crippen molar-refractivity contribution >= 4 is 15.7 Å². The van der Waals surface area contributed by atoms with Crippen molar-refractivity contribution < 1.29 is 13.2 Å². The molecule has 1 heterocycles. The van der Waals surface area contributed by atoms with Crippen molar-refractivity contribution in [2.24, 2.45) is 0 Å². The van der Waals surface area contributed by atoms with Gasteiger partial charge in [-0.05, 0) is 24.5 Å². The lowest BCUT2D eigenvalue weighted by Gasteiger charge is -2.15. The lowest BCUT2D eigenvalue weighted by molar-refractivity contribution is -0.127. The van der Waals surface area contributed by atoms with Gasteiger partial charge in [-0.2, -0.15) is 5.26 Å². The molecule has 1 fully saturated rings. The molecule has 1 aromatic carbocycles. The molecule has 0 unspecified atom stereocenters. The highest BCUT2D eigenvalue weighted by molar-refractivity contribution is 7.91. The number of benzene rings is 1. The van der Waals surface area contributed by atoms with E-state index in [1.54, 1.807) is 29.2 Å². The Labute approximate surface area is 118 Å². The van der Waals surface area contributed by atoms with Crippen LogP contribution in [0, 0.1) is 11.3 Å². The van der Waals surface area contributed by atoms with Crippen LogP contribution in [0.2, 0.25) is 0 Å². The molecule has 20 heavy (non-hydrogen) atoms. The SMILES string of the molecule is N#Cc1ccccc1CS(=O)(=O)CC(=O)N1CCCC1. The zero-order valence-electron chi connectivity index (χ0n) is 11.1. The Morgan fingerprint density at radius 2 is 1.90 bits per heavy atom. The van der Waals surface area contributed by atoms with Crippen LogP contribution in [0.3, 0.4) is 0 Å². The van der Waals surface area contributed by atoms with Gasteiger partial charge in [0.25, 0.3) is 0 Å². The Kier molecular flexibility index (Phi) is 4.40. The maximum Gasteiger partial charge on any atom is 0.237 e. The maximum absolute atomic E-state index is 12.1. The molecule has 0 spiro atoms. The second-order valence-corrected chi connectivity index (χ2v) is 6.95. The van der Waals surface area contributed by atoms with Crippen molar-refractivity contribution in [3.05, 3.63) is 35.4 Å². The molecule has 0 aromatic heterocycles. The summed E-state index contributed by atoms with van der Waals surface area (Å²) < 4.78 is 24.2. The molecule has 0 N–H and O–H groups in total. The molecule has 0 bridgehead atoms. The van der Waals surface area contributed by atoms with E-state index in [0.717, 1.165) is 12.8 Å². The zero-order valence-corrected chi connectivity index (χ0v) is 11.9. The standard InChI is InChI=1S/C14H16N2O3S/c15-9-12-5-1-2-6-13(12)10-20(18,19)11-14(17)16-7-3-4-8-16/h1-2,5-6H,3-4,7-8,10-11H2. The van der Waals surface area contributed by atoms with Crippen molar-refractivity contribution in [1.82, 2.24) is 4.90 Å². The number of likely N-dealkylation sites (tertiary alicyclic amines) is 1. The molecule has 106 valence electrons. The van der Waals surface area contributed by atoms with Crippen LogP contribution >= 0.6 is 0 Å². The minimum absolute atomic E-state index is 0.268. The van der Waals surface area contributed by atoms with E-state index in [-0.39, 0.29) is 11.7 Å². The number of amides is 1. The molecular formula is C14H16N2O3S. The van der Waals surface area contributed by atoms with Gasteiger partial charge in [-0.3, -0.25) is 4.79 Å². The summed E-state index contributed by atoms with van der Waals surface area (Å²) in [6, 6.07) is 8.52. The fourth-order valence-corrected chi connectivity index (χ4v) is 3.68. The number of nitrogens with zero attached hydrogens (tertiary/aromatic N) is 2. The van der Waals surface area contributed by atoms with Crippen LogP contribution in [0.25, 0.3) is 0 Å². The highest BCUT2D eigenvalue weighted by Gasteiger charge is 2.24. The Bertz CT molecular complexity index is 641. The van der Waals surface area contributed by atoms with E-state index < -0.39 is 15.6 Å². The fraction of sp³-hybridized carbons (Fsp3) is 0.429. The molecule has 0 atom stereocenters. The van der Waals surface area contributed by atoms with Crippen LogP contribution in [0.4, 0.5) is 0 Å². The average molecular weight is 292 g/mol. The summed E-state index contributed by atoms with van der Waals surface area (Å²) in [6.07, 6.45) is 1.87. The van der Waals surface area contributed by atoms with Gasteiger partial charge in [-0.1, -0.05) is 18.2 Å². The van der Waals surface area contributed by atoms with Gasteiger partial charge in [0.2, 0.25) is 5.91 Å². The monoisotopic (exact) mass is 292 g/mol. The van der Waals surface area contributed by atoms with Crippen LogP contribution in [0.1, 0.15) is 24.0 Å². The van der Waals surface area contributed by atoms with Crippen LogP contribution in [0.5, 0.6) is 0 Å². The lowest BCUT2D eigenvalue weighted by atomic mass is 10.1. The number of hydrogen-bond donors (Lipinski definition) is 0. The molecule has 5 nitrogen and oxygen atoms in total. The van der Waals surface area contributed by atoms with Gasteiger partial charge in [0.1, 0.15) is 5.75 Å². The zero-order chi connectivity index (χ0) is 14.6. The van der Waals surface area contributed by atoms with Gasteiger partial charge >= 0.3 is 0 Å². The second kappa shape index (κ2) is 6.06. The first-order valence-electron chi connectivity index (χ1n) is 6.48. The number of nitriles is 1. The molecule has 2 rings (SSSR count). The Balaban J connectivity index is 2.07. The quantitative estimate of drug-likeness (QED) is 0.832. The summed E-state index contributed by atoms with van der Waals surface area (Å²) in [5.41, 5.74) is 0.786. The van der Waals surface area contributed by atoms with E-state index in [9.17, 15) is 13.2 Å². The van der Waals surface area contributed by atoms with Gasteiger partial charge in [-0.25, -0.2) is 8.42 Å². The molecule has 1 aromatic rings. The van der Waals surface area contributed by atoms with Gasteiger partial charge in [0, 0.05) is 13.1 Å². The van der Waals surface area contributed by atoms with Crippen molar-refractivity contribution in [2.45, 2.75) is 18.6 Å². The third-order valence-electron chi connectivity index (χ3n) is 3.32. The van der Waals surface area contributed by atoms with E-state index in [4.69, 9.17) is 5.26 Å². The summed E-state index contributed by atoms with van der Waals surface area (Å²) in [5, 5.41) is 8.95. The molecular weight excluding hydrogens is 276 g/mol. The summed E-state index contributed by atoms with van der Waals surface area (Å²) >= 11 is 0. The van der Waals surface area contributed by atoms with Gasteiger partial charge < -0.3 is 4.90 Å². The summed E-state index contributed by atoms with van der Waals surface area (Å²) in [4.78, 5) is 13.5. The predicted molar refractivity (Wildman–Crippen MR) is 74.5 cm³/mol. The van der Waals surface area contributed by atoms with Gasteiger partial charge in [0.05, 0.1) is 17.4 Å². The first kappa shape index (κ1) is 14.5. The first-order valence-corrected chi connectivity index (χ1v) is 8.30. The molecule has 6 heteroatoms. The number of carbonyl (C=O) groups is 1. The van der Waals surface area contributed by atoms with Gasteiger partial charge in [-0.15, -0.1) is 0 Å². The molecule has 1 aliphatic heterocycles. The summed E-state index contributed by atoms with van der Waals surface area (Å²) in [6.45, 7) is 1.28. The number of carbonyl (C=O) groups excluding carboxylic acids is 1. The third-order valence-corrected chi connectivity index (χ3v) is 4.75. The van der Waals surface area contributed by atoms with Crippen LogP contribution in [-0.2, 0) is 20.4 Å². The number of sulfone groups is 1. The third kappa shape index (κ3) is 3.58. The maximum atomic E-state index is 12.1. The minimum Gasteiger partial charge on any atom is -0.342 e. The van der Waals surface area contributed by atoms with Gasteiger partial charge in [0.15, 0.2) is 9.84 Å². The van der Waals surface area contributed by atoms with Crippen LogP contribution in [0.15, 0.2) is 24.3 Å². The molecule has 1 aliphatic rings. The molecule has 0 aliphatic carbocycles. The average Bonchev–Trinajstić information content (AvgIpc) is 2.92. The normalized spacial score (nSPS) is 15.1. The fourth-order valence-electron chi connectivity index (χ4n) is 2.29. The van der Waals surface area contributed by atoms with Crippen molar-refractivity contribution in [3.8, 4) is 6.07 Å². The van der Waals surface area contributed by atoms with E-state index in [1.165, 1.54) is 0 Å². The van der Waals surface area contributed by atoms with E-state index in [0.29, 0.717) is 24.2 Å². The Hall–Kier alpha value is -1.87. The first-order chi connectivity index (χ1) is 9.52. The number of rotatable bonds is 4. The predicted octanol–water partition coefficient (Wildman–Crippen LogP) is 1.10. The van der Waals surface area contributed by atoms with Crippen LogP contribution < -0.4 is 0 Å². The molecule has 0 radical (unpaired) electrons. The molecule has 1 amide bonds. The van der Waals surface area contributed by atoms with Crippen molar-refractivity contribution in [3.63, 3.8) is 0 Å². The number of hydrogen-bond acceptors (Lipinski definition) is 4. The molecule has 1 saturated heterocycles. The lowest BCUT2D eigenvalue weighted by Crippen LogP contribution is -2.33. The van der Waals surface area contributed by atoms with Crippen molar-refractivity contribution in [1.29, 1.82) is 5.26 Å². The van der Waals surface area contributed by atoms with E-state index in [1.807, 2.05) is 6.07 Å². The van der Waals surface area contributed by atoms with E-state index in [2.05, 4.69) is 0 Å². The topological polar surface area (TPSA) is 78.2 Å². The largest absolute Gasteiger partial charge is 0.342 e. The summed E-state index contributed by atoms with van der Waals surface area (Å²) in [5.74, 6) is -1.08. The summed E-state index contributed by atoms with van der Waals surface area (Å²) in [7, 11) is -3.55. The smallest absolute Gasteiger partial charge is 0.237 e. The molecule has 0 saturated carbocycles. The Morgan fingerprint density at radius 3 is 2.55 bits per heavy atom.